The molecule has 15 heavy (non-hydrogen) atoms. The van der Waals surface area contributed by atoms with Gasteiger partial charge in [0, 0.05) is 20.1 Å². The third-order valence-electron chi connectivity index (χ3n) is 1.97. The molecule has 0 aliphatic rings. The summed E-state index contributed by atoms with van der Waals surface area (Å²) in [7, 11) is 1.76. The highest BCUT2D eigenvalue weighted by atomic mass is 32.1. The highest BCUT2D eigenvalue weighted by molar-refractivity contribution is 7.17. The third-order valence-corrected chi connectivity index (χ3v) is 2.97. The van der Waals surface area contributed by atoms with Crippen LogP contribution in [0, 0.1) is 0 Å². The topological polar surface area (TPSA) is 65.5 Å². The molecule has 0 atom stereocenters. The van der Waals surface area contributed by atoms with Crippen molar-refractivity contribution in [2.45, 2.75) is 6.92 Å². The molecule has 0 saturated heterocycles. The number of hydrogen-bond acceptors (Lipinski definition) is 5. The van der Waals surface area contributed by atoms with Gasteiger partial charge in [-0.15, -0.1) is 0 Å². The molecule has 84 valence electrons. The normalized spacial score (nSPS) is 10.1. The van der Waals surface area contributed by atoms with Crippen LogP contribution in [0.1, 0.15) is 16.6 Å². The lowest BCUT2D eigenvalue weighted by Gasteiger charge is -2.18. The fourth-order valence-corrected chi connectivity index (χ4v) is 1.91. The van der Waals surface area contributed by atoms with Gasteiger partial charge in [0.05, 0.1) is 12.8 Å². The number of likely N-dealkylation sites (N-methyl/N-ethyl adjacent to an activating group) is 1. The molecule has 0 aliphatic carbocycles. The first kappa shape index (κ1) is 11.9. The first-order chi connectivity index (χ1) is 7.22. The van der Waals surface area contributed by atoms with E-state index in [1.807, 2.05) is 6.92 Å². The van der Waals surface area contributed by atoms with Crippen LogP contribution in [0.25, 0.3) is 0 Å². The highest BCUT2D eigenvalue weighted by Crippen LogP contribution is 2.18. The van der Waals surface area contributed by atoms with E-state index in [1.165, 1.54) is 11.3 Å². The molecular formula is C9H15N3O2S. The number of thiazole rings is 1. The Morgan fingerprint density at radius 3 is 2.93 bits per heavy atom. The monoisotopic (exact) mass is 229 g/mol. The smallest absolute Gasteiger partial charge is 0.265 e. The van der Waals surface area contributed by atoms with Crippen LogP contribution < -0.4 is 5.32 Å². The number of hydrogen-bond donors (Lipinski definition) is 2. The minimum atomic E-state index is -0.0782. The van der Waals surface area contributed by atoms with Crippen LogP contribution in [0.3, 0.4) is 0 Å². The van der Waals surface area contributed by atoms with Crippen molar-refractivity contribution < 1.29 is 9.90 Å². The summed E-state index contributed by atoms with van der Waals surface area (Å²) in [6, 6.07) is 0. The quantitative estimate of drug-likeness (QED) is 0.777. The molecule has 1 heterocycles. The first-order valence-electron chi connectivity index (χ1n) is 4.76. The Kier molecular flexibility index (Phi) is 4.51. The Bertz CT molecular complexity index is 327. The fraction of sp³-hybridized carbons (Fsp3) is 0.556. The van der Waals surface area contributed by atoms with Gasteiger partial charge in [-0.3, -0.25) is 4.79 Å². The number of rotatable bonds is 5. The van der Waals surface area contributed by atoms with Crippen molar-refractivity contribution in [3.05, 3.63) is 11.1 Å². The summed E-state index contributed by atoms with van der Waals surface area (Å²) < 4.78 is 0. The predicted molar refractivity (Wildman–Crippen MR) is 60.3 cm³/mol. The lowest BCUT2D eigenvalue weighted by molar-refractivity contribution is 0.0736. The summed E-state index contributed by atoms with van der Waals surface area (Å²) in [4.78, 5) is 18.1. The summed E-state index contributed by atoms with van der Waals surface area (Å²) in [5.74, 6) is -0.0782. The molecule has 0 unspecified atom stereocenters. The summed E-state index contributed by atoms with van der Waals surface area (Å²) in [5, 5.41) is 12.4. The molecule has 1 amide bonds. The Hall–Kier alpha value is -1.14. The SMILES string of the molecule is CCN(CCO)C(=O)c1cnc(NC)s1. The number of aromatic nitrogens is 1. The van der Waals surface area contributed by atoms with Crippen molar-refractivity contribution in [2.24, 2.45) is 0 Å². The largest absolute Gasteiger partial charge is 0.395 e. The number of anilines is 1. The molecule has 0 saturated carbocycles. The van der Waals surface area contributed by atoms with Crippen molar-refractivity contribution in [3.8, 4) is 0 Å². The van der Waals surface area contributed by atoms with Gasteiger partial charge < -0.3 is 15.3 Å². The van der Waals surface area contributed by atoms with E-state index >= 15 is 0 Å². The predicted octanol–water partition coefficient (Wildman–Crippen LogP) is 0.639. The van der Waals surface area contributed by atoms with E-state index in [4.69, 9.17) is 5.11 Å². The van der Waals surface area contributed by atoms with E-state index in [2.05, 4.69) is 10.3 Å². The number of carbonyl (C=O) groups excluding carboxylic acids is 1. The zero-order valence-corrected chi connectivity index (χ0v) is 9.67. The molecule has 0 bridgehead atoms. The van der Waals surface area contributed by atoms with Gasteiger partial charge in [-0.1, -0.05) is 11.3 Å². The van der Waals surface area contributed by atoms with E-state index in [0.29, 0.717) is 18.0 Å². The Morgan fingerprint density at radius 1 is 1.73 bits per heavy atom. The number of nitrogens with one attached hydrogen (secondary N) is 1. The maximum atomic E-state index is 11.9. The summed E-state index contributed by atoms with van der Waals surface area (Å²) in [6.45, 7) is 2.82. The van der Waals surface area contributed by atoms with Crippen molar-refractivity contribution in [1.29, 1.82) is 0 Å². The van der Waals surface area contributed by atoms with Crippen LogP contribution in [0.2, 0.25) is 0 Å². The minimum absolute atomic E-state index is 0.0166. The first-order valence-corrected chi connectivity index (χ1v) is 5.58. The van der Waals surface area contributed by atoms with Crippen LogP contribution in [-0.4, -0.2) is 47.6 Å². The van der Waals surface area contributed by atoms with Crippen molar-refractivity contribution in [2.75, 3.05) is 32.1 Å². The van der Waals surface area contributed by atoms with Crippen LogP contribution in [-0.2, 0) is 0 Å². The van der Waals surface area contributed by atoms with E-state index in [-0.39, 0.29) is 12.5 Å². The molecular weight excluding hydrogens is 214 g/mol. The Morgan fingerprint density at radius 2 is 2.47 bits per heavy atom. The van der Waals surface area contributed by atoms with E-state index in [1.54, 1.807) is 18.1 Å². The maximum absolute atomic E-state index is 11.9. The van der Waals surface area contributed by atoms with Gasteiger partial charge in [0.2, 0.25) is 0 Å². The van der Waals surface area contributed by atoms with Gasteiger partial charge in [-0.2, -0.15) is 0 Å². The average molecular weight is 229 g/mol. The number of carbonyl (C=O) groups is 1. The van der Waals surface area contributed by atoms with Crippen molar-refractivity contribution in [1.82, 2.24) is 9.88 Å². The van der Waals surface area contributed by atoms with Crippen LogP contribution >= 0.6 is 11.3 Å². The third kappa shape index (κ3) is 2.90. The standard InChI is InChI=1S/C9H15N3O2S/c1-3-12(4-5-13)8(14)7-6-11-9(10-2)15-7/h6,13H,3-5H2,1-2H3,(H,10,11). The maximum Gasteiger partial charge on any atom is 0.265 e. The van der Waals surface area contributed by atoms with Gasteiger partial charge in [-0.25, -0.2) is 4.98 Å². The summed E-state index contributed by atoms with van der Waals surface area (Å²) in [5.41, 5.74) is 0. The summed E-state index contributed by atoms with van der Waals surface area (Å²) >= 11 is 1.32. The van der Waals surface area contributed by atoms with Crippen LogP contribution in [0.4, 0.5) is 5.13 Å². The molecule has 0 radical (unpaired) electrons. The van der Waals surface area contributed by atoms with Crippen molar-refractivity contribution in [3.63, 3.8) is 0 Å². The van der Waals surface area contributed by atoms with Gasteiger partial charge in [-0.05, 0) is 6.92 Å². The molecule has 1 aromatic rings. The zero-order chi connectivity index (χ0) is 11.3. The Labute approximate surface area is 92.7 Å². The van der Waals surface area contributed by atoms with Crippen LogP contribution in [0.5, 0.6) is 0 Å². The second-order valence-electron chi connectivity index (χ2n) is 2.89. The molecule has 2 N–H and O–H groups in total. The number of aliphatic hydroxyl groups excluding tert-OH is 1. The second-order valence-corrected chi connectivity index (χ2v) is 3.92. The molecule has 0 spiro atoms. The lowest BCUT2D eigenvalue weighted by atomic mass is 10.4. The second kappa shape index (κ2) is 5.67. The number of amides is 1. The number of aliphatic hydroxyl groups is 1. The molecule has 0 fully saturated rings. The number of nitrogens with zero attached hydrogens (tertiary/aromatic N) is 2. The van der Waals surface area contributed by atoms with E-state index in [0.717, 1.165) is 5.13 Å². The molecule has 6 heteroatoms. The van der Waals surface area contributed by atoms with E-state index in [9.17, 15) is 4.79 Å². The van der Waals surface area contributed by atoms with Crippen LogP contribution in [0.15, 0.2) is 6.20 Å². The van der Waals surface area contributed by atoms with Gasteiger partial charge in [0.1, 0.15) is 4.88 Å². The zero-order valence-electron chi connectivity index (χ0n) is 8.86. The van der Waals surface area contributed by atoms with E-state index < -0.39 is 0 Å². The van der Waals surface area contributed by atoms with Gasteiger partial charge in [0.25, 0.3) is 5.91 Å². The molecule has 0 aliphatic heterocycles. The minimum Gasteiger partial charge on any atom is -0.395 e. The molecule has 1 aromatic heterocycles. The average Bonchev–Trinajstić information content (AvgIpc) is 2.73. The van der Waals surface area contributed by atoms with Crippen molar-refractivity contribution >= 4 is 22.4 Å². The lowest BCUT2D eigenvalue weighted by Crippen LogP contribution is -2.32. The fourth-order valence-electron chi connectivity index (χ4n) is 1.17. The highest BCUT2D eigenvalue weighted by Gasteiger charge is 2.16. The van der Waals surface area contributed by atoms with Gasteiger partial charge in [0.15, 0.2) is 5.13 Å². The molecule has 1 rings (SSSR count). The summed E-state index contributed by atoms with van der Waals surface area (Å²) in [6.07, 6.45) is 1.55. The van der Waals surface area contributed by atoms with Gasteiger partial charge >= 0.3 is 0 Å². The Balaban J connectivity index is 2.73. The molecule has 5 nitrogen and oxygen atoms in total. The molecule has 0 aromatic carbocycles.